The molecule has 2 unspecified atom stereocenters. The van der Waals surface area contributed by atoms with E-state index in [1.54, 1.807) is 0 Å². The Kier molecular flexibility index (Phi) is 5.63. The predicted octanol–water partition coefficient (Wildman–Crippen LogP) is 0.809. The molecule has 2 aliphatic rings. The normalized spacial score (nSPS) is 29.7. The van der Waals surface area contributed by atoms with Crippen molar-refractivity contribution in [1.29, 1.82) is 0 Å². The molecule has 1 heterocycles. The third-order valence-corrected chi connectivity index (χ3v) is 5.13. The van der Waals surface area contributed by atoms with Crippen LogP contribution < -0.4 is 5.73 Å². The molecule has 5 heteroatoms. The highest BCUT2D eigenvalue weighted by atomic mass is 16.3. The maximum Gasteiger partial charge on any atom is 0.230 e. The third-order valence-electron chi connectivity index (χ3n) is 5.13. The van der Waals surface area contributed by atoms with Crippen LogP contribution in [-0.4, -0.2) is 66.7 Å². The number of likely N-dealkylation sites (N-methyl/N-ethyl adjacent to an activating group) is 1. The third kappa shape index (κ3) is 3.76. The van der Waals surface area contributed by atoms with Crippen LogP contribution in [0.15, 0.2) is 0 Å². The van der Waals surface area contributed by atoms with E-state index in [0.717, 1.165) is 32.2 Å². The van der Waals surface area contributed by atoms with Gasteiger partial charge in [-0.1, -0.05) is 25.7 Å². The fourth-order valence-electron chi connectivity index (χ4n) is 3.95. The summed E-state index contributed by atoms with van der Waals surface area (Å²) in [4.78, 5) is 17.2. The van der Waals surface area contributed by atoms with Gasteiger partial charge in [0, 0.05) is 25.7 Å². The minimum absolute atomic E-state index is 0.120. The van der Waals surface area contributed by atoms with E-state index in [4.69, 9.17) is 5.73 Å². The lowest BCUT2D eigenvalue weighted by Crippen LogP contribution is -2.51. The molecule has 2 fully saturated rings. The van der Waals surface area contributed by atoms with E-state index in [0.29, 0.717) is 19.5 Å². The van der Waals surface area contributed by atoms with E-state index < -0.39 is 0 Å². The Balaban J connectivity index is 2.14. The second-order valence-electron chi connectivity index (χ2n) is 7.16. The maximum absolute atomic E-state index is 13.2. The molecule has 1 saturated carbocycles. The topological polar surface area (TPSA) is 69.8 Å². The van der Waals surface area contributed by atoms with Crippen LogP contribution >= 0.6 is 0 Å². The van der Waals surface area contributed by atoms with Crippen molar-refractivity contribution in [3.05, 3.63) is 0 Å². The van der Waals surface area contributed by atoms with Crippen LogP contribution in [0.25, 0.3) is 0 Å². The SMILES string of the molecule is CN(C)CC1CC(O)CN1C(=O)C1(CN)CCCCCC1. The molecule has 1 aliphatic heterocycles. The minimum Gasteiger partial charge on any atom is -0.391 e. The minimum atomic E-state index is -0.389. The van der Waals surface area contributed by atoms with Crippen molar-refractivity contribution in [3.63, 3.8) is 0 Å². The monoisotopic (exact) mass is 297 g/mol. The molecule has 1 aliphatic carbocycles. The molecule has 2 rings (SSSR count). The quantitative estimate of drug-likeness (QED) is 0.753. The van der Waals surface area contributed by atoms with Crippen molar-refractivity contribution in [1.82, 2.24) is 9.80 Å². The van der Waals surface area contributed by atoms with Gasteiger partial charge in [0.1, 0.15) is 0 Å². The average Bonchev–Trinajstić information content (AvgIpc) is 2.66. The van der Waals surface area contributed by atoms with Gasteiger partial charge in [0.25, 0.3) is 0 Å². The highest BCUT2D eigenvalue weighted by molar-refractivity contribution is 5.83. The number of nitrogens with two attached hydrogens (primary N) is 1. The fraction of sp³-hybridized carbons (Fsp3) is 0.938. The highest BCUT2D eigenvalue weighted by Gasteiger charge is 2.45. The number of amides is 1. The van der Waals surface area contributed by atoms with Crippen molar-refractivity contribution in [3.8, 4) is 0 Å². The molecule has 0 spiro atoms. The van der Waals surface area contributed by atoms with Gasteiger partial charge in [0.2, 0.25) is 5.91 Å². The van der Waals surface area contributed by atoms with E-state index in [2.05, 4.69) is 4.90 Å². The zero-order valence-electron chi connectivity index (χ0n) is 13.6. The Morgan fingerprint density at radius 2 is 1.90 bits per heavy atom. The second kappa shape index (κ2) is 7.07. The first-order valence-corrected chi connectivity index (χ1v) is 8.32. The van der Waals surface area contributed by atoms with Gasteiger partial charge in [-0.25, -0.2) is 0 Å². The first-order chi connectivity index (χ1) is 9.98. The molecule has 5 nitrogen and oxygen atoms in total. The Morgan fingerprint density at radius 3 is 2.43 bits per heavy atom. The number of hydrogen-bond acceptors (Lipinski definition) is 4. The second-order valence-corrected chi connectivity index (χ2v) is 7.16. The summed E-state index contributed by atoms with van der Waals surface area (Å²) in [5.74, 6) is 0.190. The van der Waals surface area contributed by atoms with E-state index in [-0.39, 0.29) is 23.5 Å². The highest BCUT2D eigenvalue weighted by Crippen LogP contribution is 2.37. The van der Waals surface area contributed by atoms with Crippen molar-refractivity contribution in [2.45, 2.75) is 57.1 Å². The van der Waals surface area contributed by atoms with Crippen LogP contribution in [0.5, 0.6) is 0 Å². The molecule has 1 amide bonds. The predicted molar refractivity (Wildman–Crippen MR) is 83.9 cm³/mol. The largest absolute Gasteiger partial charge is 0.391 e. The molecule has 0 bridgehead atoms. The van der Waals surface area contributed by atoms with E-state index in [9.17, 15) is 9.90 Å². The van der Waals surface area contributed by atoms with Crippen LogP contribution in [0.1, 0.15) is 44.9 Å². The van der Waals surface area contributed by atoms with Crippen LogP contribution in [-0.2, 0) is 4.79 Å². The Bertz CT molecular complexity index is 351. The summed E-state index contributed by atoms with van der Waals surface area (Å²) in [6.45, 7) is 1.72. The number of carbonyl (C=O) groups is 1. The molecule has 122 valence electrons. The van der Waals surface area contributed by atoms with E-state index in [1.165, 1.54) is 12.8 Å². The van der Waals surface area contributed by atoms with Gasteiger partial charge >= 0.3 is 0 Å². The molecule has 2 atom stereocenters. The van der Waals surface area contributed by atoms with E-state index >= 15 is 0 Å². The average molecular weight is 297 g/mol. The van der Waals surface area contributed by atoms with Crippen LogP contribution in [0.4, 0.5) is 0 Å². The number of rotatable bonds is 4. The first-order valence-electron chi connectivity index (χ1n) is 8.32. The molecule has 0 aromatic rings. The number of β-amino-alcohol motifs (C(OH)–C–C–N with tert-alkyl or cyclic N) is 1. The number of carbonyl (C=O) groups excluding carboxylic acids is 1. The fourth-order valence-corrected chi connectivity index (χ4v) is 3.95. The molecule has 1 saturated heterocycles. The summed E-state index contributed by atoms with van der Waals surface area (Å²) in [7, 11) is 4.02. The van der Waals surface area contributed by atoms with Crippen LogP contribution in [0.2, 0.25) is 0 Å². The Morgan fingerprint density at radius 1 is 1.29 bits per heavy atom. The van der Waals surface area contributed by atoms with Gasteiger partial charge < -0.3 is 20.6 Å². The van der Waals surface area contributed by atoms with Crippen LogP contribution in [0.3, 0.4) is 0 Å². The summed E-state index contributed by atoms with van der Waals surface area (Å²) in [5.41, 5.74) is 5.65. The van der Waals surface area contributed by atoms with Crippen molar-refractivity contribution in [2.24, 2.45) is 11.1 Å². The van der Waals surface area contributed by atoms with Gasteiger partial charge in [0.05, 0.1) is 11.5 Å². The standard InChI is InChI=1S/C16H31N3O2/c1-18(2)10-13-9-14(20)11-19(13)15(21)16(12-17)7-5-3-4-6-8-16/h13-14,20H,3-12,17H2,1-2H3. The van der Waals surface area contributed by atoms with Gasteiger partial charge in [0.15, 0.2) is 0 Å². The summed E-state index contributed by atoms with van der Waals surface area (Å²) >= 11 is 0. The van der Waals surface area contributed by atoms with Crippen molar-refractivity contribution in [2.75, 3.05) is 33.7 Å². The number of hydrogen-bond donors (Lipinski definition) is 2. The summed E-state index contributed by atoms with van der Waals surface area (Å²) < 4.78 is 0. The number of aliphatic hydroxyl groups excluding tert-OH is 1. The Labute approximate surface area is 128 Å². The zero-order chi connectivity index (χ0) is 15.5. The van der Waals surface area contributed by atoms with Crippen LogP contribution in [0, 0.1) is 5.41 Å². The number of likely N-dealkylation sites (tertiary alicyclic amines) is 1. The molecule has 3 N–H and O–H groups in total. The summed E-state index contributed by atoms with van der Waals surface area (Å²) in [5, 5.41) is 10.00. The molecule has 0 aromatic carbocycles. The molecular formula is C16H31N3O2. The lowest BCUT2D eigenvalue weighted by molar-refractivity contribution is -0.144. The Hall–Kier alpha value is -0.650. The van der Waals surface area contributed by atoms with Gasteiger partial charge in [-0.15, -0.1) is 0 Å². The smallest absolute Gasteiger partial charge is 0.230 e. The van der Waals surface area contributed by atoms with Gasteiger partial charge in [-0.05, 0) is 33.4 Å². The van der Waals surface area contributed by atoms with E-state index in [1.807, 2.05) is 19.0 Å². The molecule has 0 radical (unpaired) electrons. The zero-order valence-corrected chi connectivity index (χ0v) is 13.6. The molecule has 21 heavy (non-hydrogen) atoms. The van der Waals surface area contributed by atoms with Gasteiger partial charge in [-0.3, -0.25) is 4.79 Å². The lowest BCUT2D eigenvalue weighted by atomic mass is 9.79. The molecular weight excluding hydrogens is 266 g/mol. The maximum atomic E-state index is 13.2. The van der Waals surface area contributed by atoms with Crippen molar-refractivity contribution < 1.29 is 9.90 Å². The number of aliphatic hydroxyl groups is 1. The van der Waals surface area contributed by atoms with Crippen molar-refractivity contribution >= 4 is 5.91 Å². The lowest BCUT2D eigenvalue weighted by Gasteiger charge is -2.37. The first kappa shape index (κ1) is 16.7. The molecule has 0 aromatic heterocycles. The summed E-state index contributed by atoms with van der Waals surface area (Å²) in [6.07, 6.45) is 6.71. The number of nitrogens with zero attached hydrogens (tertiary/aromatic N) is 2. The van der Waals surface area contributed by atoms with Gasteiger partial charge in [-0.2, -0.15) is 0 Å². The summed E-state index contributed by atoms with van der Waals surface area (Å²) in [6, 6.07) is 0.120.